The van der Waals surface area contributed by atoms with Gasteiger partial charge < -0.3 is 5.11 Å². The second kappa shape index (κ2) is 76.2. The Hall–Kier alpha value is -0.790. The van der Waals surface area contributed by atoms with Crippen LogP contribution in [-0.4, -0.2) is 11.1 Å². The van der Waals surface area contributed by atoms with Crippen LogP contribution in [0.2, 0.25) is 0 Å². The molecule has 80 heavy (non-hydrogen) atoms. The highest BCUT2D eigenvalue weighted by Crippen LogP contribution is 2.21. The molecule has 2 heteroatoms. The van der Waals surface area contributed by atoms with E-state index in [2.05, 4.69) is 6.92 Å². The molecule has 0 saturated heterocycles. The van der Waals surface area contributed by atoms with Gasteiger partial charge in [-0.25, -0.2) is 4.79 Å². The van der Waals surface area contributed by atoms with Gasteiger partial charge in [-0.05, 0) is 12.8 Å². The fraction of sp³-hybridized carbons (Fsp3) is 0.962. The number of unbranched alkanes of at least 4 members (excludes halogenated alkanes) is 73. The third-order valence-electron chi connectivity index (χ3n) is 18.7. The maximum Gasteiger partial charge on any atom is 0.327 e. The van der Waals surface area contributed by atoms with Crippen LogP contribution in [0.4, 0.5) is 0 Å². The molecule has 0 atom stereocenters. The van der Waals surface area contributed by atoms with Gasteiger partial charge in [0.25, 0.3) is 0 Å². The molecule has 0 heterocycles. The lowest BCUT2D eigenvalue weighted by Gasteiger charge is -2.05. The SMILES string of the molecule is CCCCCCCCCCCCCCCCCCCCCCCCCCCCCCCCCCCCCCCCCCCCCCCCCCCCCCCCCCCCCCCCCCCCCCCCCCCC=CC(=O)O. The molecular formula is C78H154O2. The lowest BCUT2D eigenvalue weighted by atomic mass is 10.0. The van der Waals surface area contributed by atoms with E-state index in [1.165, 1.54) is 468 Å². The quantitative estimate of drug-likeness (QED) is 0.0487. The Bertz CT molecular complexity index is 1100. The number of hydrogen-bond acceptors (Lipinski definition) is 1. The maximum atomic E-state index is 10.5. The van der Waals surface area contributed by atoms with Gasteiger partial charge in [0, 0.05) is 6.08 Å². The smallest absolute Gasteiger partial charge is 0.327 e. The summed E-state index contributed by atoms with van der Waals surface area (Å²) in [6, 6.07) is 0. The van der Waals surface area contributed by atoms with Crippen LogP contribution in [0, 0.1) is 0 Å². The van der Waals surface area contributed by atoms with Gasteiger partial charge >= 0.3 is 5.97 Å². The average Bonchev–Trinajstić information content (AvgIpc) is 3.46. The van der Waals surface area contributed by atoms with Crippen LogP contribution in [-0.2, 0) is 4.79 Å². The van der Waals surface area contributed by atoms with Gasteiger partial charge in [0.05, 0.1) is 0 Å². The summed E-state index contributed by atoms with van der Waals surface area (Å²) in [6.45, 7) is 2.31. The van der Waals surface area contributed by atoms with Crippen molar-refractivity contribution < 1.29 is 9.90 Å². The molecule has 0 aliphatic rings. The Morgan fingerprint density at radius 3 is 0.388 bits per heavy atom. The van der Waals surface area contributed by atoms with Crippen molar-refractivity contribution in [3.05, 3.63) is 12.2 Å². The standard InChI is InChI=1S/C78H154O2/c1-2-3-4-5-6-7-8-9-10-11-12-13-14-15-16-17-18-19-20-21-22-23-24-25-26-27-28-29-30-31-32-33-34-35-36-37-38-39-40-41-42-43-44-45-46-47-48-49-50-51-52-53-54-55-56-57-58-59-60-61-62-63-64-65-66-67-68-69-70-71-72-73-74-75-76-77-78(79)80/h76-77H,2-75H2,1H3,(H,79,80). The summed E-state index contributed by atoms with van der Waals surface area (Å²) in [4.78, 5) is 10.5. The molecule has 0 aliphatic carbocycles. The first-order chi connectivity index (χ1) is 39.8. The van der Waals surface area contributed by atoms with Crippen LogP contribution in [0.15, 0.2) is 12.2 Å². The second-order valence-corrected chi connectivity index (χ2v) is 27.0. The molecule has 0 amide bonds. The normalized spacial score (nSPS) is 11.8. The summed E-state index contributed by atoms with van der Waals surface area (Å²) in [6.07, 6.45) is 111. The van der Waals surface area contributed by atoms with Crippen molar-refractivity contribution in [1.82, 2.24) is 0 Å². The van der Waals surface area contributed by atoms with Crippen molar-refractivity contribution in [3.63, 3.8) is 0 Å². The molecular weight excluding hydrogens is 969 g/mol. The van der Waals surface area contributed by atoms with Crippen LogP contribution in [0.25, 0.3) is 0 Å². The Labute approximate surface area is 507 Å². The number of allylic oxidation sites excluding steroid dienone is 1. The Balaban J connectivity index is 3.09. The van der Waals surface area contributed by atoms with E-state index in [0.717, 1.165) is 12.8 Å². The predicted octanol–water partition coefficient (Wildman–Crippen LogP) is 29.5. The van der Waals surface area contributed by atoms with Crippen LogP contribution in [0.5, 0.6) is 0 Å². The number of rotatable bonds is 75. The molecule has 1 N–H and O–H groups in total. The van der Waals surface area contributed by atoms with Gasteiger partial charge in [-0.1, -0.05) is 475 Å². The molecule has 0 spiro atoms. The fourth-order valence-electron chi connectivity index (χ4n) is 13.1. The van der Waals surface area contributed by atoms with Gasteiger partial charge in [0.1, 0.15) is 0 Å². The molecule has 0 aromatic carbocycles. The summed E-state index contributed by atoms with van der Waals surface area (Å²) in [5.41, 5.74) is 0. The molecule has 0 radical (unpaired) electrons. The third kappa shape index (κ3) is 77.2. The van der Waals surface area contributed by atoms with Gasteiger partial charge in [-0.3, -0.25) is 0 Å². The molecule has 0 aromatic rings. The number of hydrogen-bond donors (Lipinski definition) is 1. The molecule has 0 rings (SSSR count). The molecule has 0 fully saturated rings. The number of carboxylic acid groups (broad SMARTS) is 1. The molecule has 2 nitrogen and oxygen atoms in total. The van der Waals surface area contributed by atoms with E-state index < -0.39 is 5.97 Å². The highest BCUT2D eigenvalue weighted by Gasteiger charge is 2.02. The number of carbonyl (C=O) groups is 1. The van der Waals surface area contributed by atoms with Crippen molar-refractivity contribution >= 4 is 5.97 Å². The van der Waals surface area contributed by atoms with E-state index in [0.29, 0.717) is 0 Å². The zero-order valence-corrected chi connectivity index (χ0v) is 55.8. The van der Waals surface area contributed by atoms with Crippen molar-refractivity contribution in [1.29, 1.82) is 0 Å². The first-order valence-corrected chi connectivity index (χ1v) is 38.7. The zero-order valence-electron chi connectivity index (χ0n) is 55.8. The van der Waals surface area contributed by atoms with Gasteiger partial charge in [-0.2, -0.15) is 0 Å². The first-order valence-electron chi connectivity index (χ1n) is 38.7. The minimum atomic E-state index is -0.825. The molecule has 0 saturated carbocycles. The van der Waals surface area contributed by atoms with Gasteiger partial charge in [0.2, 0.25) is 0 Å². The minimum absolute atomic E-state index is 0.825. The van der Waals surface area contributed by atoms with Gasteiger partial charge in [0.15, 0.2) is 0 Å². The summed E-state index contributed by atoms with van der Waals surface area (Å²) in [7, 11) is 0. The van der Waals surface area contributed by atoms with E-state index in [-0.39, 0.29) is 0 Å². The average molecular weight is 1120 g/mol. The van der Waals surface area contributed by atoms with E-state index in [9.17, 15) is 4.79 Å². The minimum Gasteiger partial charge on any atom is -0.478 e. The molecule has 0 bridgehead atoms. The van der Waals surface area contributed by atoms with Crippen LogP contribution >= 0.6 is 0 Å². The van der Waals surface area contributed by atoms with Crippen LogP contribution < -0.4 is 0 Å². The second-order valence-electron chi connectivity index (χ2n) is 27.0. The van der Waals surface area contributed by atoms with Crippen molar-refractivity contribution in [3.8, 4) is 0 Å². The molecule has 0 unspecified atom stereocenters. The summed E-state index contributed by atoms with van der Waals surface area (Å²) in [5.74, 6) is -0.825. The Kier molecular flexibility index (Phi) is 75.5. The fourth-order valence-corrected chi connectivity index (χ4v) is 13.1. The number of aliphatic carboxylic acids is 1. The zero-order chi connectivity index (χ0) is 57.3. The number of carboxylic acids is 1. The van der Waals surface area contributed by atoms with E-state index >= 15 is 0 Å². The molecule has 0 aliphatic heterocycles. The topological polar surface area (TPSA) is 37.3 Å². The molecule has 0 aromatic heterocycles. The monoisotopic (exact) mass is 1120 g/mol. The highest BCUT2D eigenvalue weighted by molar-refractivity contribution is 5.79. The van der Waals surface area contributed by atoms with Crippen molar-refractivity contribution in [2.45, 2.75) is 482 Å². The van der Waals surface area contributed by atoms with Crippen molar-refractivity contribution in [2.24, 2.45) is 0 Å². The van der Waals surface area contributed by atoms with Crippen LogP contribution in [0.3, 0.4) is 0 Å². The lowest BCUT2D eigenvalue weighted by Crippen LogP contribution is -1.86. The van der Waals surface area contributed by atoms with E-state index in [4.69, 9.17) is 5.11 Å². The highest BCUT2D eigenvalue weighted by atomic mass is 16.4. The van der Waals surface area contributed by atoms with E-state index in [1.54, 1.807) is 6.08 Å². The first kappa shape index (κ1) is 79.2. The largest absolute Gasteiger partial charge is 0.478 e. The summed E-state index contributed by atoms with van der Waals surface area (Å²) >= 11 is 0. The lowest BCUT2D eigenvalue weighted by molar-refractivity contribution is -0.131. The Morgan fingerprint density at radius 2 is 0.287 bits per heavy atom. The van der Waals surface area contributed by atoms with Crippen molar-refractivity contribution in [2.75, 3.05) is 0 Å². The summed E-state index contributed by atoms with van der Waals surface area (Å²) < 4.78 is 0. The van der Waals surface area contributed by atoms with Crippen LogP contribution in [0.1, 0.15) is 482 Å². The molecule has 478 valence electrons. The summed E-state index contributed by atoms with van der Waals surface area (Å²) in [5, 5.41) is 8.61. The van der Waals surface area contributed by atoms with E-state index in [1.807, 2.05) is 0 Å². The third-order valence-corrected chi connectivity index (χ3v) is 18.7. The Morgan fingerprint density at radius 1 is 0.188 bits per heavy atom. The predicted molar refractivity (Wildman–Crippen MR) is 364 cm³/mol. The van der Waals surface area contributed by atoms with Gasteiger partial charge in [-0.15, -0.1) is 0 Å². The maximum absolute atomic E-state index is 10.5.